The second-order valence-corrected chi connectivity index (χ2v) is 2.50. The first kappa shape index (κ1) is 9.60. The molecule has 0 fully saturated rings. The number of amides is 1. The van der Waals surface area contributed by atoms with Gasteiger partial charge in [-0.1, -0.05) is 0 Å². The molecule has 0 aliphatic carbocycles. The van der Waals surface area contributed by atoms with Gasteiger partial charge in [-0.25, -0.2) is 9.97 Å². The largest absolute Gasteiger partial charge is 0.396 e. The zero-order chi connectivity index (χ0) is 9.52. The van der Waals surface area contributed by atoms with Crippen LogP contribution in [0.4, 0.5) is 5.69 Å². The summed E-state index contributed by atoms with van der Waals surface area (Å²) >= 11 is 0. The maximum atomic E-state index is 11.1. The Labute approximate surface area is 75.8 Å². The van der Waals surface area contributed by atoms with Crippen molar-refractivity contribution in [3.05, 3.63) is 18.7 Å². The number of anilines is 1. The number of carbonyl (C=O) groups is 1. The average molecular weight is 181 g/mol. The van der Waals surface area contributed by atoms with Crippen LogP contribution in [0.25, 0.3) is 0 Å². The van der Waals surface area contributed by atoms with Crippen molar-refractivity contribution in [1.29, 1.82) is 0 Å². The van der Waals surface area contributed by atoms with E-state index in [-0.39, 0.29) is 12.5 Å². The molecule has 1 heterocycles. The lowest BCUT2D eigenvalue weighted by Gasteiger charge is -2.01. The van der Waals surface area contributed by atoms with E-state index in [1.165, 1.54) is 18.7 Å². The lowest BCUT2D eigenvalue weighted by atomic mass is 10.3. The van der Waals surface area contributed by atoms with Crippen molar-refractivity contribution >= 4 is 11.6 Å². The van der Waals surface area contributed by atoms with E-state index in [9.17, 15) is 4.79 Å². The standard InChI is InChI=1S/C8H11N3O2/c12-3-1-2-8(13)11-7-4-9-6-10-5-7/h4-6,12H,1-3H2,(H,11,13). The van der Waals surface area contributed by atoms with E-state index in [1.807, 2.05) is 0 Å². The molecule has 1 aromatic rings. The minimum atomic E-state index is -0.135. The summed E-state index contributed by atoms with van der Waals surface area (Å²) in [6.45, 7) is 0.0265. The molecule has 1 amide bonds. The molecular weight excluding hydrogens is 170 g/mol. The van der Waals surface area contributed by atoms with Crippen molar-refractivity contribution in [2.75, 3.05) is 11.9 Å². The van der Waals surface area contributed by atoms with Crippen LogP contribution in [-0.2, 0) is 4.79 Å². The van der Waals surface area contributed by atoms with E-state index < -0.39 is 0 Å². The van der Waals surface area contributed by atoms with Crippen LogP contribution in [0.2, 0.25) is 0 Å². The van der Waals surface area contributed by atoms with Gasteiger partial charge in [-0.15, -0.1) is 0 Å². The fourth-order valence-corrected chi connectivity index (χ4v) is 0.827. The number of aliphatic hydroxyl groups excluding tert-OH is 1. The molecular formula is C8H11N3O2. The zero-order valence-electron chi connectivity index (χ0n) is 7.10. The van der Waals surface area contributed by atoms with Crippen molar-refractivity contribution in [3.63, 3.8) is 0 Å². The SMILES string of the molecule is O=C(CCCO)Nc1cncnc1. The van der Waals surface area contributed by atoms with E-state index in [1.54, 1.807) is 0 Å². The summed E-state index contributed by atoms with van der Waals surface area (Å²) in [5.74, 6) is -0.135. The minimum absolute atomic E-state index is 0.0265. The lowest BCUT2D eigenvalue weighted by molar-refractivity contribution is -0.116. The fraction of sp³-hybridized carbons (Fsp3) is 0.375. The molecule has 5 heteroatoms. The molecule has 1 rings (SSSR count). The summed E-state index contributed by atoms with van der Waals surface area (Å²) in [4.78, 5) is 18.6. The Morgan fingerprint density at radius 3 is 2.77 bits per heavy atom. The number of carbonyl (C=O) groups excluding carboxylic acids is 1. The smallest absolute Gasteiger partial charge is 0.224 e. The van der Waals surface area contributed by atoms with E-state index >= 15 is 0 Å². The van der Waals surface area contributed by atoms with E-state index in [2.05, 4.69) is 15.3 Å². The van der Waals surface area contributed by atoms with Crippen molar-refractivity contribution in [2.24, 2.45) is 0 Å². The van der Waals surface area contributed by atoms with Crippen molar-refractivity contribution in [3.8, 4) is 0 Å². The zero-order valence-corrected chi connectivity index (χ0v) is 7.10. The number of hydrogen-bond acceptors (Lipinski definition) is 4. The van der Waals surface area contributed by atoms with E-state index in [4.69, 9.17) is 5.11 Å². The van der Waals surface area contributed by atoms with Crippen molar-refractivity contribution in [2.45, 2.75) is 12.8 Å². The maximum Gasteiger partial charge on any atom is 0.224 e. The second kappa shape index (κ2) is 5.21. The average Bonchev–Trinajstić information content (AvgIpc) is 2.16. The highest BCUT2D eigenvalue weighted by Crippen LogP contribution is 2.01. The molecule has 0 saturated carbocycles. The van der Waals surface area contributed by atoms with Gasteiger partial charge < -0.3 is 10.4 Å². The normalized spacial score (nSPS) is 9.62. The first-order chi connectivity index (χ1) is 6.33. The van der Waals surface area contributed by atoms with Crippen molar-refractivity contribution < 1.29 is 9.90 Å². The first-order valence-corrected chi connectivity index (χ1v) is 3.98. The van der Waals surface area contributed by atoms with Gasteiger partial charge in [0, 0.05) is 13.0 Å². The van der Waals surface area contributed by atoms with Gasteiger partial charge in [0.1, 0.15) is 6.33 Å². The van der Waals surface area contributed by atoms with Gasteiger partial charge in [-0.05, 0) is 6.42 Å². The molecule has 1 aromatic heterocycles. The topological polar surface area (TPSA) is 75.1 Å². The summed E-state index contributed by atoms with van der Waals surface area (Å²) in [7, 11) is 0. The number of hydrogen-bond donors (Lipinski definition) is 2. The summed E-state index contributed by atoms with van der Waals surface area (Å²) in [6, 6.07) is 0. The van der Waals surface area contributed by atoms with Gasteiger partial charge in [0.25, 0.3) is 0 Å². The number of nitrogens with one attached hydrogen (secondary N) is 1. The van der Waals surface area contributed by atoms with Gasteiger partial charge in [-0.2, -0.15) is 0 Å². The van der Waals surface area contributed by atoms with E-state index in [0.29, 0.717) is 18.5 Å². The quantitative estimate of drug-likeness (QED) is 0.695. The Morgan fingerprint density at radius 1 is 1.46 bits per heavy atom. The Hall–Kier alpha value is -1.49. The van der Waals surface area contributed by atoms with Crippen LogP contribution in [0.15, 0.2) is 18.7 Å². The highest BCUT2D eigenvalue weighted by molar-refractivity contribution is 5.90. The number of aliphatic hydroxyl groups is 1. The highest BCUT2D eigenvalue weighted by Gasteiger charge is 2.00. The van der Waals surface area contributed by atoms with Crippen LogP contribution in [0, 0.1) is 0 Å². The molecule has 0 unspecified atom stereocenters. The molecule has 0 atom stereocenters. The summed E-state index contributed by atoms with van der Waals surface area (Å²) in [5, 5.41) is 11.1. The molecule has 0 aromatic carbocycles. The van der Waals surface area contributed by atoms with Gasteiger partial charge >= 0.3 is 0 Å². The van der Waals surface area contributed by atoms with Gasteiger partial charge in [0.2, 0.25) is 5.91 Å². The van der Waals surface area contributed by atoms with Crippen LogP contribution in [0.5, 0.6) is 0 Å². The Morgan fingerprint density at radius 2 is 2.15 bits per heavy atom. The summed E-state index contributed by atoms with van der Waals surface area (Å²) < 4.78 is 0. The summed E-state index contributed by atoms with van der Waals surface area (Å²) in [5.41, 5.74) is 0.574. The predicted octanol–water partition coefficient (Wildman–Crippen LogP) is 0.188. The Balaban J connectivity index is 2.37. The number of rotatable bonds is 4. The Bertz CT molecular complexity index is 263. The van der Waals surface area contributed by atoms with E-state index in [0.717, 1.165) is 0 Å². The van der Waals surface area contributed by atoms with Gasteiger partial charge in [0.15, 0.2) is 0 Å². The van der Waals surface area contributed by atoms with Crippen molar-refractivity contribution in [1.82, 2.24) is 9.97 Å². The molecule has 0 saturated heterocycles. The number of aromatic nitrogens is 2. The molecule has 5 nitrogen and oxygen atoms in total. The first-order valence-electron chi connectivity index (χ1n) is 3.98. The third-order valence-electron chi connectivity index (χ3n) is 1.41. The second-order valence-electron chi connectivity index (χ2n) is 2.50. The van der Waals surface area contributed by atoms with Gasteiger partial charge in [0.05, 0.1) is 18.1 Å². The van der Waals surface area contributed by atoms with Crippen LogP contribution < -0.4 is 5.32 Å². The predicted molar refractivity (Wildman–Crippen MR) is 47.0 cm³/mol. The maximum absolute atomic E-state index is 11.1. The minimum Gasteiger partial charge on any atom is -0.396 e. The molecule has 0 aliphatic heterocycles. The number of nitrogens with zero attached hydrogens (tertiary/aromatic N) is 2. The Kier molecular flexibility index (Phi) is 3.84. The molecule has 0 aliphatic rings. The molecule has 13 heavy (non-hydrogen) atoms. The third kappa shape index (κ3) is 3.62. The molecule has 0 radical (unpaired) electrons. The monoisotopic (exact) mass is 181 g/mol. The third-order valence-corrected chi connectivity index (χ3v) is 1.41. The van der Waals surface area contributed by atoms with Gasteiger partial charge in [-0.3, -0.25) is 4.79 Å². The van der Waals surface area contributed by atoms with Crippen LogP contribution in [0.1, 0.15) is 12.8 Å². The lowest BCUT2D eigenvalue weighted by Crippen LogP contribution is -2.11. The van der Waals surface area contributed by atoms with Crippen LogP contribution in [-0.4, -0.2) is 27.6 Å². The molecule has 2 N–H and O–H groups in total. The fourth-order valence-electron chi connectivity index (χ4n) is 0.827. The summed E-state index contributed by atoms with van der Waals surface area (Å²) in [6.07, 6.45) is 5.21. The van der Waals surface area contributed by atoms with Crippen LogP contribution in [0.3, 0.4) is 0 Å². The molecule has 70 valence electrons. The highest BCUT2D eigenvalue weighted by atomic mass is 16.3. The molecule has 0 bridgehead atoms. The van der Waals surface area contributed by atoms with Crippen LogP contribution >= 0.6 is 0 Å². The molecule has 0 spiro atoms.